The first-order valence-corrected chi connectivity index (χ1v) is 8.51. The van der Waals surface area contributed by atoms with E-state index in [9.17, 15) is 0 Å². The number of hydrazone groups is 1. The van der Waals surface area contributed by atoms with Crippen LogP contribution in [0.2, 0.25) is 0 Å². The lowest BCUT2D eigenvalue weighted by molar-refractivity contribution is 0.395. The maximum absolute atomic E-state index is 4.63. The summed E-state index contributed by atoms with van der Waals surface area (Å²) in [6.07, 6.45) is 10.2. The van der Waals surface area contributed by atoms with Crippen LogP contribution in [0.3, 0.4) is 0 Å². The largest absolute Gasteiger partial charge is 0.332 e. The van der Waals surface area contributed by atoms with Crippen molar-refractivity contribution in [2.45, 2.75) is 26.3 Å². The summed E-state index contributed by atoms with van der Waals surface area (Å²) in [4.78, 5) is 4.63. The van der Waals surface area contributed by atoms with Crippen LogP contribution in [-0.2, 0) is 6.54 Å². The minimum Gasteiger partial charge on any atom is -0.332 e. The van der Waals surface area contributed by atoms with Gasteiger partial charge >= 0.3 is 0 Å². The second-order valence-corrected chi connectivity index (χ2v) is 6.26. The van der Waals surface area contributed by atoms with Gasteiger partial charge in [-0.15, -0.1) is 0 Å². The lowest BCUT2D eigenvalue weighted by atomic mass is 10.2. The molecule has 0 saturated carbocycles. The number of nitrogens with one attached hydrogen (secondary N) is 1. The highest BCUT2D eigenvalue weighted by Crippen LogP contribution is 2.17. The molecule has 1 heterocycles. The van der Waals surface area contributed by atoms with Crippen molar-refractivity contribution in [3.05, 3.63) is 52.5 Å². The first-order chi connectivity index (χ1) is 11.3. The van der Waals surface area contributed by atoms with Crippen molar-refractivity contribution < 1.29 is 0 Å². The molecule has 1 aromatic carbocycles. The predicted molar refractivity (Wildman–Crippen MR) is 99.2 cm³/mol. The van der Waals surface area contributed by atoms with Gasteiger partial charge < -0.3 is 5.32 Å². The third-order valence-electron chi connectivity index (χ3n) is 3.54. The number of hydrogen-bond donors (Lipinski definition) is 1. The molecule has 0 amide bonds. The number of rotatable bonds is 6. The van der Waals surface area contributed by atoms with Crippen LogP contribution in [0.5, 0.6) is 0 Å². The number of fused-ring (bicyclic) bond motifs is 1. The lowest BCUT2D eigenvalue weighted by Crippen LogP contribution is -2.22. The average Bonchev–Trinajstić information content (AvgIpc) is 2.98. The summed E-state index contributed by atoms with van der Waals surface area (Å²) >= 11 is 1.71. The van der Waals surface area contributed by atoms with E-state index in [1.807, 2.05) is 11.9 Å². The molecule has 0 bridgehead atoms. The standard InChI is InChI=1S/C18H20N4S/c1-3-19-22(4-2)13-14-9-11-15(12-10-14)20-18-21-16-7-5-6-8-17(16)23-18/h3-4,7-12H,2,5-6,13H2,1H3,(H,20,21)/b19-3-. The summed E-state index contributed by atoms with van der Waals surface area (Å²) in [5.41, 5.74) is 2.23. The topological polar surface area (TPSA) is 40.5 Å². The summed E-state index contributed by atoms with van der Waals surface area (Å²) in [7, 11) is 0. The van der Waals surface area contributed by atoms with Crippen LogP contribution in [0.1, 0.15) is 25.3 Å². The minimum absolute atomic E-state index is 0.712. The molecule has 0 fully saturated rings. The van der Waals surface area contributed by atoms with Crippen molar-refractivity contribution >= 4 is 40.5 Å². The van der Waals surface area contributed by atoms with Crippen molar-refractivity contribution in [2.75, 3.05) is 5.32 Å². The molecule has 0 atom stereocenters. The number of hydrogen-bond acceptors (Lipinski definition) is 5. The summed E-state index contributed by atoms with van der Waals surface area (Å²) in [5.74, 6) is 0. The molecule has 118 valence electrons. The lowest BCUT2D eigenvalue weighted by Gasteiger charge is -2.13. The summed E-state index contributed by atoms with van der Waals surface area (Å²) in [6.45, 7) is 6.37. The minimum atomic E-state index is 0.712. The second kappa shape index (κ2) is 7.24. The van der Waals surface area contributed by atoms with Crippen LogP contribution in [0.25, 0.3) is 12.2 Å². The Morgan fingerprint density at radius 1 is 1.30 bits per heavy atom. The number of benzene rings is 1. The molecule has 23 heavy (non-hydrogen) atoms. The van der Waals surface area contributed by atoms with E-state index in [4.69, 9.17) is 0 Å². The molecule has 0 saturated heterocycles. The third kappa shape index (κ3) is 3.87. The molecule has 0 unspecified atom stereocenters. The summed E-state index contributed by atoms with van der Waals surface area (Å²) in [6, 6.07) is 8.33. The molecule has 5 heteroatoms. The fourth-order valence-electron chi connectivity index (χ4n) is 2.43. The van der Waals surface area contributed by atoms with Crippen molar-refractivity contribution in [3.8, 4) is 0 Å². The van der Waals surface area contributed by atoms with Crippen LogP contribution < -0.4 is 15.2 Å². The van der Waals surface area contributed by atoms with Crippen molar-refractivity contribution in [1.82, 2.24) is 9.99 Å². The highest BCUT2D eigenvalue weighted by atomic mass is 32.1. The molecule has 0 radical (unpaired) electrons. The Bertz CT molecular complexity index is 784. The van der Waals surface area contributed by atoms with E-state index in [2.05, 4.69) is 58.4 Å². The van der Waals surface area contributed by atoms with Crippen LogP contribution in [0.4, 0.5) is 10.8 Å². The summed E-state index contributed by atoms with van der Waals surface area (Å²) < 4.78 is 1.27. The first-order valence-electron chi connectivity index (χ1n) is 7.69. The Morgan fingerprint density at radius 2 is 2.09 bits per heavy atom. The number of aromatic nitrogens is 1. The molecule has 0 spiro atoms. The Morgan fingerprint density at radius 3 is 2.78 bits per heavy atom. The molecule has 1 aliphatic rings. The van der Waals surface area contributed by atoms with Gasteiger partial charge in [0.05, 0.1) is 16.4 Å². The van der Waals surface area contributed by atoms with Crippen LogP contribution in [-0.4, -0.2) is 16.2 Å². The van der Waals surface area contributed by atoms with Gasteiger partial charge in [-0.1, -0.05) is 42.2 Å². The molecule has 2 aromatic rings. The highest BCUT2D eigenvalue weighted by molar-refractivity contribution is 7.13. The monoisotopic (exact) mass is 324 g/mol. The number of anilines is 2. The Hall–Kier alpha value is -2.40. The van der Waals surface area contributed by atoms with E-state index in [-0.39, 0.29) is 0 Å². The van der Waals surface area contributed by atoms with E-state index < -0.39 is 0 Å². The fraction of sp³-hybridized carbons (Fsp3) is 0.222. The maximum Gasteiger partial charge on any atom is 0.188 e. The fourth-order valence-corrected chi connectivity index (χ4v) is 3.38. The van der Waals surface area contributed by atoms with Crippen LogP contribution in [0, 0.1) is 0 Å². The maximum atomic E-state index is 4.63. The second-order valence-electron chi connectivity index (χ2n) is 5.23. The zero-order chi connectivity index (χ0) is 16.1. The zero-order valence-corrected chi connectivity index (χ0v) is 14.0. The Balaban J connectivity index is 1.70. The molecular formula is C18H20N4S. The van der Waals surface area contributed by atoms with E-state index in [0.717, 1.165) is 29.0 Å². The van der Waals surface area contributed by atoms with Gasteiger partial charge in [0.25, 0.3) is 0 Å². The summed E-state index contributed by atoms with van der Waals surface area (Å²) in [5, 5.41) is 11.5. The van der Waals surface area contributed by atoms with Gasteiger partial charge in [0.15, 0.2) is 5.13 Å². The Kier molecular flexibility index (Phi) is 4.88. The average molecular weight is 324 g/mol. The highest BCUT2D eigenvalue weighted by Gasteiger charge is 2.04. The van der Waals surface area contributed by atoms with Gasteiger partial charge in [-0.25, -0.2) is 4.98 Å². The van der Waals surface area contributed by atoms with E-state index in [1.54, 1.807) is 23.8 Å². The molecular weight excluding hydrogens is 304 g/mol. The zero-order valence-electron chi connectivity index (χ0n) is 13.2. The van der Waals surface area contributed by atoms with Crippen molar-refractivity contribution in [3.63, 3.8) is 0 Å². The van der Waals surface area contributed by atoms with Gasteiger partial charge in [0, 0.05) is 18.1 Å². The van der Waals surface area contributed by atoms with Gasteiger partial charge in [-0.05, 0) is 37.5 Å². The third-order valence-corrected chi connectivity index (χ3v) is 4.52. The van der Waals surface area contributed by atoms with Crippen LogP contribution >= 0.6 is 11.3 Å². The normalized spacial score (nSPS) is 13.1. The molecule has 1 N–H and O–H groups in total. The van der Waals surface area contributed by atoms with E-state index in [0.29, 0.717) is 6.54 Å². The molecule has 1 aromatic heterocycles. The van der Waals surface area contributed by atoms with Crippen LogP contribution in [0.15, 0.2) is 42.1 Å². The van der Waals surface area contributed by atoms with Gasteiger partial charge in [0.1, 0.15) is 0 Å². The van der Waals surface area contributed by atoms with Gasteiger partial charge in [0.2, 0.25) is 0 Å². The van der Waals surface area contributed by atoms with Gasteiger partial charge in [-0.3, -0.25) is 5.01 Å². The van der Waals surface area contributed by atoms with Crippen molar-refractivity contribution in [1.29, 1.82) is 0 Å². The van der Waals surface area contributed by atoms with E-state index in [1.165, 1.54) is 10.1 Å². The predicted octanol–water partition coefficient (Wildman–Crippen LogP) is 3.19. The number of nitrogens with zero attached hydrogens (tertiary/aromatic N) is 3. The number of thiazole rings is 1. The first kappa shape index (κ1) is 15.5. The van der Waals surface area contributed by atoms with Crippen molar-refractivity contribution in [2.24, 2.45) is 5.10 Å². The van der Waals surface area contributed by atoms with Gasteiger partial charge in [-0.2, -0.15) is 5.10 Å². The van der Waals surface area contributed by atoms with E-state index >= 15 is 0 Å². The Labute approximate surface area is 140 Å². The molecule has 4 nitrogen and oxygen atoms in total. The molecule has 1 aliphatic carbocycles. The SMILES string of the molecule is C=CN(Cc1ccc(Nc2nc3c(s2)=CCCC=3)cc1)/N=C\C. The quantitative estimate of drug-likeness (QED) is 0.655. The molecule has 0 aliphatic heterocycles. The molecule has 3 rings (SSSR count). The smallest absolute Gasteiger partial charge is 0.188 e.